The van der Waals surface area contributed by atoms with Crippen molar-refractivity contribution in [3.8, 4) is 17.2 Å². The molecule has 0 atom stereocenters. The number of rotatable bonds is 1. The summed E-state index contributed by atoms with van der Waals surface area (Å²) in [5.74, 6) is 4.50. The fraction of sp³-hybridized carbons (Fsp3) is 0.152. The minimum atomic E-state index is 0.548. The summed E-state index contributed by atoms with van der Waals surface area (Å²) in [6.07, 6.45) is 0. The molecule has 0 radical (unpaired) electrons. The molecule has 0 spiro atoms. The maximum Gasteiger partial charge on any atom is 0.136 e. The van der Waals surface area contributed by atoms with Crippen molar-refractivity contribution in [1.29, 1.82) is 5.26 Å². The zero-order valence-electron chi connectivity index (χ0n) is 23.7. The molecule has 8 bridgehead atoms. The summed E-state index contributed by atoms with van der Waals surface area (Å²) in [4.78, 5) is 23.0. The van der Waals surface area contributed by atoms with E-state index in [0.717, 1.165) is 57.4 Å². The third-order valence-corrected chi connectivity index (χ3v) is 7.51. The topological polar surface area (TPSA) is 75.4 Å². The van der Waals surface area contributed by atoms with Crippen molar-refractivity contribution in [3.63, 3.8) is 0 Å². The van der Waals surface area contributed by atoms with E-state index in [-0.39, 0.29) is 0 Å². The van der Waals surface area contributed by atoms with Crippen molar-refractivity contribution in [3.05, 3.63) is 102 Å². The van der Waals surface area contributed by atoms with Gasteiger partial charge in [-0.3, -0.25) is 0 Å². The van der Waals surface area contributed by atoms with E-state index in [4.69, 9.17) is 15.0 Å². The third kappa shape index (κ3) is 4.68. The number of fused-ring (bicyclic) bond motifs is 8. The molecule has 0 fully saturated rings. The lowest BCUT2D eigenvalue weighted by atomic mass is 9.97. The SMILES string of the molecule is Cc1ccc(-c2c3cc(C#N)cc2N(C)c2cccc(n2)N(C)c2cccc(n2)N(C)c2cccc(n2)N3C)cc1. The summed E-state index contributed by atoms with van der Waals surface area (Å²) in [5, 5.41) is 10.1. The molecule has 5 aromatic rings. The number of nitrogens with zero attached hydrogens (tertiary/aromatic N) is 8. The number of anilines is 8. The molecule has 4 heterocycles. The van der Waals surface area contributed by atoms with Gasteiger partial charge in [0.05, 0.1) is 23.0 Å². The van der Waals surface area contributed by atoms with E-state index in [2.05, 4.69) is 37.3 Å². The van der Waals surface area contributed by atoms with Gasteiger partial charge in [-0.1, -0.05) is 48.0 Å². The normalized spacial score (nSPS) is 12.8. The van der Waals surface area contributed by atoms with E-state index >= 15 is 0 Å². The first-order valence-corrected chi connectivity index (χ1v) is 13.4. The number of aryl methyl sites for hydroxylation is 1. The van der Waals surface area contributed by atoms with Crippen LogP contribution in [0.5, 0.6) is 0 Å². The number of aromatic nitrogens is 3. The molecule has 6 rings (SSSR count). The molecule has 2 aromatic carbocycles. The number of benzene rings is 2. The molecule has 1 aliphatic heterocycles. The standard InChI is InChI=1S/C33H30N8/c1-22-15-17-24(18-16-22)33-25-19-23(21-34)20-26(33)39(3)28-10-7-12-30(36-28)41(5)32-14-8-13-31(37-32)40(4)29-11-6-9-27(35-29)38(25)2/h6-20H,1-5H3. The maximum atomic E-state index is 10.1. The second kappa shape index (κ2) is 10.3. The molecule has 41 heavy (non-hydrogen) atoms. The second-order valence-corrected chi connectivity index (χ2v) is 10.2. The number of hydrogen-bond acceptors (Lipinski definition) is 8. The molecule has 0 amide bonds. The quantitative estimate of drug-likeness (QED) is 0.224. The Morgan fingerprint density at radius 2 is 0.902 bits per heavy atom. The third-order valence-electron chi connectivity index (χ3n) is 7.51. The van der Waals surface area contributed by atoms with Crippen LogP contribution in [-0.2, 0) is 0 Å². The molecule has 0 saturated heterocycles. The van der Waals surface area contributed by atoms with Crippen LogP contribution in [0.1, 0.15) is 11.1 Å². The Morgan fingerprint density at radius 3 is 1.27 bits per heavy atom. The minimum Gasteiger partial charge on any atom is -0.329 e. The van der Waals surface area contributed by atoms with E-state index < -0.39 is 0 Å². The van der Waals surface area contributed by atoms with Gasteiger partial charge >= 0.3 is 0 Å². The first-order valence-electron chi connectivity index (χ1n) is 13.4. The highest BCUT2D eigenvalue weighted by atomic mass is 15.3. The molecule has 0 saturated carbocycles. The van der Waals surface area contributed by atoms with Gasteiger partial charge in [0.25, 0.3) is 0 Å². The molecule has 1 aliphatic rings. The van der Waals surface area contributed by atoms with E-state index in [1.807, 2.05) is 115 Å². The first-order chi connectivity index (χ1) is 19.8. The smallest absolute Gasteiger partial charge is 0.136 e. The molecule has 0 N–H and O–H groups in total. The monoisotopic (exact) mass is 538 g/mol. The van der Waals surface area contributed by atoms with Crippen molar-refractivity contribution < 1.29 is 0 Å². The van der Waals surface area contributed by atoms with Crippen molar-refractivity contribution in [2.24, 2.45) is 0 Å². The summed E-state index contributed by atoms with van der Waals surface area (Å²) in [5.41, 5.74) is 5.46. The lowest BCUT2D eigenvalue weighted by molar-refractivity contribution is 1.02. The first kappa shape index (κ1) is 25.8. The van der Waals surface area contributed by atoms with Crippen LogP contribution < -0.4 is 19.6 Å². The van der Waals surface area contributed by atoms with Crippen LogP contribution >= 0.6 is 0 Å². The Labute approximate surface area is 240 Å². The fourth-order valence-electron chi connectivity index (χ4n) is 5.06. The van der Waals surface area contributed by atoms with Gasteiger partial charge in [-0.2, -0.15) is 5.26 Å². The van der Waals surface area contributed by atoms with Crippen molar-refractivity contribution in [2.45, 2.75) is 6.92 Å². The zero-order chi connectivity index (χ0) is 28.7. The molecular weight excluding hydrogens is 508 g/mol. The number of nitriles is 1. The summed E-state index contributed by atoms with van der Waals surface area (Å²) in [6, 6.07) is 32.5. The predicted molar refractivity (Wildman–Crippen MR) is 166 cm³/mol. The van der Waals surface area contributed by atoms with Crippen LogP contribution in [0.15, 0.2) is 91.0 Å². The molecule has 0 unspecified atom stereocenters. The minimum absolute atomic E-state index is 0.548. The summed E-state index contributed by atoms with van der Waals surface area (Å²) >= 11 is 0. The van der Waals surface area contributed by atoms with Gasteiger partial charge in [0.15, 0.2) is 0 Å². The van der Waals surface area contributed by atoms with E-state index in [9.17, 15) is 5.26 Å². The Balaban J connectivity index is 1.67. The molecular formula is C33H30N8. The van der Waals surface area contributed by atoms with E-state index in [0.29, 0.717) is 5.56 Å². The van der Waals surface area contributed by atoms with Gasteiger partial charge in [-0.15, -0.1) is 0 Å². The highest BCUT2D eigenvalue weighted by Gasteiger charge is 2.23. The predicted octanol–water partition coefficient (Wildman–Crippen LogP) is 7.10. The van der Waals surface area contributed by atoms with E-state index in [1.165, 1.54) is 5.56 Å². The summed E-state index contributed by atoms with van der Waals surface area (Å²) in [7, 11) is 7.89. The fourth-order valence-corrected chi connectivity index (χ4v) is 5.06. The van der Waals surface area contributed by atoms with Crippen LogP contribution in [0.4, 0.5) is 46.3 Å². The molecule has 8 heteroatoms. The summed E-state index contributed by atoms with van der Waals surface area (Å²) in [6.45, 7) is 2.08. The Kier molecular flexibility index (Phi) is 6.48. The number of hydrogen-bond donors (Lipinski definition) is 0. The average molecular weight is 539 g/mol. The number of pyridine rings is 3. The van der Waals surface area contributed by atoms with Gasteiger partial charge < -0.3 is 19.6 Å². The molecule has 0 aliphatic carbocycles. The summed E-state index contributed by atoms with van der Waals surface area (Å²) < 4.78 is 0. The highest BCUT2D eigenvalue weighted by Crippen LogP contribution is 2.44. The van der Waals surface area contributed by atoms with Crippen LogP contribution in [0.2, 0.25) is 0 Å². The van der Waals surface area contributed by atoms with Gasteiger partial charge in [0, 0.05) is 33.8 Å². The van der Waals surface area contributed by atoms with Gasteiger partial charge in [0.1, 0.15) is 34.9 Å². The molecule has 8 nitrogen and oxygen atoms in total. The molecule has 202 valence electrons. The maximum absolute atomic E-state index is 10.1. The Bertz CT molecular complexity index is 1690. The lowest BCUT2D eigenvalue weighted by Gasteiger charge is -2.30. The Morgan fingerprint density at radius 1 is 0.537 bits per heavy atom. The van der Waals surface area contributed by atoms with Gasteiger partial charge in [-0.25, -0.2) is 15.0 Å². The largest absolute Gasteiger partial charge is 0.329 e. The van der Waals surface area contributed by atoms with E-state index in [1.54, 1.807) is 0 Å². The molecule has 3 aromatic heterocycles. The van der Waals surface area contributed by atoms with Crippen molar-refractivity contribution in [1.82, 2.24) is 15.0 Å². The van der Waals surface area contributed by atoms with Crippen LogP contribution in [-0.4, -0.2) is 43.1 Å². The Hall–Kier alpha value is -5.42. The highest BCUT2D eigenvalue weighted by molar-refractivity contribution is 5.94. The second-order valence-electron chi connectivity index (χ2n) is 10.2. The van der Waals surface area contributed by atoms with Crippen LogP contribution in [0.25, 0.3) is 11.1 Å². The lowest BCUT2D eigenvalue weighted by Crippen LogP contribution is -2.21. The average Bonchev–Trinajstić information content (AvgIpc) is 3.03. The zero-order valence-corrected chi connectivity index (χ0v) is 23.7. The van der Waals surface area contributed by atoms with Crippen LogP contribution in [0, 0.1) is 18.3 Å². The van der Waals surface area contributed by atoms with Crippen molar-refractivity contribution >= 4 is 46.3 Å². The van der Waals surface area contributed by atoms with Crippen LogP contribution in [0.3, 0.4) is 0 Å². The van der Waals surface area contributed by atoms with Crippen molar-refractivity contribution in [2.75, 3.05) is 47.8 Å². The van der Waals surface area contributed by atoms with Gasteiger partial charge in [-0.05, 0) is 61.0 Å². The van der Waals surface area contributed by atoms with Gasteiger partial charge in [0.2, 0.25) is 0 Å².